The highest BCUT2D eigenvalue weighted by molar-refractivity contribution is 5.95. The van der Waals surface area contributed by atoms with E-state index in [9.17, 15) is 14.4 Å². The third-order valence-electron chi connectivity index (χ3n) is 2.37. The van der Waals surface area contributed by atoms with Crippen molar-refractivity contribution in [3.05, 3.63) is 18.2 Å². The predicted molar refractivity (Wildman–Crippen MR) is 65.3 cm³/mol. The van der Waals surface area contributed by atoms with Crippen LogP contribution in [0.3, 0.4) is 0 Å². The molecule has 1 aromatic heterocycles. The molecule has 8 nitrogen and oxygen atoms in total. The van der Waals surface area contributed by atoms with Crippen molar-refractivity contribution in [3.63, 3.8) is 0 Å². The van der Waals surface area contributed by atoms with Gasteiger partial charge in [0.05, 0.1) is 6.42 Å². The summed E-state index contributed by atoms with van der Waals surface area (Å²) in [4.78, 5) is 36.8. The van der Waals surface area contributed by atoms with Crippen LogP contribution in [-0.2, 0) is 23.1 Å². The Balaban J connectivity index is 2.19. The number of imidazole rings is 1. The normalized spacial score (nSPS) is 9.95. The fourth-order valence-electron chi connectivity index (χ4n) is 1.38. The quantitative estimate of drug-likeness (QED) is 0.652. The predicted octanol–water partition coefficient (Wildman–Crippen LogP) is -0.347. The third kappa shape index (κ3) is 5.66. The number of rotatable bonds is 6. The van der Waals surface area contributed by atoms with Crippen LogP contribution in [0.25, 0.3) is 0 Å². The Bertz CT molecular complexity index is 469. The zero-order valence-corrected chi connectivity index (χ0v) is 10.5. The van der Waals surface area contributed by atoms with Crippen LogP contribution in [0.2, 0.25) is 0 Å². The van der Waals surface area contributed by atoms with Gasteiger partial charge in [-0.2, -0.15) is 0 Å². The van der Waals surface area contributed by atoms with Gasteiger partial charge in [0.1, 0.15) is 5.82 Å². The number of carbonyl (C=O) groups is 3. The number of urea groups is 1. The first-order valence-electron chi connectivity index (χ1n) is 5.74. The van der Waals surface area contributed by atoms with E-state index in [1.807, 2.05) is 11.6 Å². The summed E-state index contributed by atoms with van der Waals surface area (Å²) in [5.74, 6) is -0.875. The fraction of sp³-hybridized carbons (Fsp3) is 0.455. The topological polar surface area (TPSA) is 113 Å². The van der Waals surface area contributed by atoms with Crippen molar-refractivity contribution >= 4 is 17.9 Å². The molecular weight excluding hydrogens is 252 g/mol. The number of imide groups is 1. The van der Waals surface area contributed by atoms with E-state index < -0.39 is 17.9 Å². The van der Waals surface area contributed by atoms with Crippen molar-refractivity contribution in [1.82, 2.24) is 20.2 Å². The molecule has 0 aromatic carbocycles. The van der Waals surface area contributed by atoms with E-state index in [0.717, 1.165) is 5.82 Å². The van der Waals surface area contributed by atoms with Crippen LogP contribution in [0, 0.1) is 0 Å². The van der Waals surface area contributed by atoms with Gasteiger partial charge < -0.3 is 15.0 Å². The zero-order chi connectivity index (χ0) is 14.3. The summed E-state index contributed by atoms with van der Waals surface area (Å²) in [6.07, 6.45) is 3.48. The van der Waals surface area contributed by atoms with Gasteiger partial charge in [0.2, 0.25) is 5.91 Å². The molecule has 104 valence electrons. The molecule has 1 aromatic rings. The molecular formula is C11H16N4O4. The number of carboxylic acids is 1. The molecule has 8 heteroatoms. The van der Waals surface area contributed by atoms with E-state index in [0.29, 0.717) is 13.0 Å². The van der Waals surface area contributed by atoms with Gasteiger partial charge in [-0.3, -0.25) is 14.9 Å². The van der Waals surface area contributed by atoms with Gasteiger partial charge in [0, 0.05) is 38.8 Å². The Morgan fingerprint density at radius 3 is 2.68 bits per heavy atom. The van der Waals surface area contributed by atoms with Crippen LogP contribution in [0.5, 0.6) is 0 Å². The average Bonchev–Trinajstić information content (AvgIpc) is 2.72. The zero-order valence-electron chi connectivity index (χ0n) is 10.5. The van der Waals surface area contributed by atoms with E-state index in [-0.39, 0.29) is 12.8 Å². The Morgan fingerprint density at radius 1 is 1.37 bits per heavy atom. The van der Waals surface area contributed by atoms with Crippen molar-refractivity contribution in [2.24, 2.45) is 7.05 Å². The smallest absolute Gasteiger partial charge is 0.321 e. The molecule has 1 rings (SSSR count). The molecule has 0 unspecified atom stereocenters. The molecule has 0 bridgehead atoms. The van der Waals surface area contributed by atoms with Crippen LogP contribution in [0.1, 0.15) is 18.7 Å². The van der Waals surface area contributed by atoms with Gasteiger partial charge in [-0.1, -0.05) is 0 Å². The second kappa shape index (κ2) is 7.14. The lowest BCUT2D eigenvalue weighted by Gasteiger charge is -2.06. The molecule has 0 atom stereocenters. The number of nitrogens with zero attached hydrogens (tertiary/aromatic N) is 2. The number of hydrogen-bond acceptors (Lipinski definition) is 4. The third-order valence-corrected chi connectivity index (χ3v) is 2.37. The Labute approximate surface area is 109 Å². The molecule has 0 saturated heterocycles. The van der Waals surface area contributed by atoms with Crippen molar-refractivity contribution in [3.8, 4) is 0 Å². The van der Waals surface area contributed by atoms with E-state index in [4.69, 9.17) is 5.11 Å². The Morgan fingerprint density at radius 2 is 2.11 bits per heavy atom. The minimum Gasteiger partial charge on any atom is -0.481 e. The number of aryl methyl sites for hydroxylation is 1. The minimum atomic E-state index is -1.08. The first-order chi connectivity index (χ1) is 8.99. The van der Waals surface area contributed by atoms with E-state index in [1.165, 1.54) is 0 Å². The Kier molecular flexibility index (Phi) is 5.52. The highest BCUT2D eigenvalue weighted by Crippen LogP contribution is 1.94. The van der Waals surface area contributed by atoms with E-state index in [1.54, 1.807) is 12.4 Å². The molecule has 1 heterocycles. The number of aliphatic carboxylic acids is 1. The number of carbonyl (C=O) groups excluding carboxylic acids is 2. The maximum atomic E-state index is 11.3. The van der Waals surface area contributed by atoms with Crippen molar-refractivity contribution in [1.29, 1.82) is 0 Å². The molecule has 0 fully saturated rings. The first kappa shape index (κ1) is 14.7. The van der Waals surface area contributed by atoms with Crippen LogP contribution in [-0.4, -0.2) is 39.1 Å². The average molecular weight is 268 g/mol. The Hall–Kier alpha value is -2.38. The molecule has 0 aliphatic heterocycles. The van der Waals surface area contributed by atoms with Crippen LogP contribution in [0.4, 0.5) is 4.79 Å². The number of amides is 3. The lowest BCUT2D eigenvalue weighted by atomic mass is 10.3. The van der Waals surface area contributed by atoms with Gasteiger partial charge in [-0.25, -0.2) is 9.78 Å². The monoisotopic (exact) mass is 268 g/mol. The molecule has 3 N–H and O–H groups in total. The SMILES string of the molecule is Cn1ccnc1CCNC(=O)NC(=O)CCC(=O)O. The lowest BCUT2D eigenvalue weighted by Crippen LogP contribution is -2.40. The second-order valence-electron chi connectivity index (χ2n) is 3.90. The molecule has 0 radical (unpaired) electrons. The van der Waals surface area contributed by atoms with Crippen LogP contribution < -0.4 is 10.6 Å². The fourth-order valence-corrected chi connectivity index (χ4v) is 1.38. The summed E-state index contributed by atoms with van der Waals surface area (Å²) in [5.41, 5.74) is 0. The van der Waals surface area contributed by atoms with Crippen molar-refractivity contribution in [2.75, 3.05) is 6.54 Å². The standard InChI is InChI=1S/C11H16N4O4/c1-15-7-6-12-8(15)4-5-13-11(19)14-9(16)2-3-10(17)18/h6-7H,2-5H2,1H3,(H,17,18)(H2,13,14,16,19). The van der Waals surface area contributed by atoms with Gasteiger partial charge >= 0.3 is 12.0 Å². The summed E-state index contributed by atoms with van der Waals surface area (Å²) < 4.78 is 1.83. The number of hydrogen-bond donors (Lipinski definition) is 3. The van der Waals surface area contributed by atoms with Gasteiger partial charge in [0.15, 0.2) is 0 Å². The van der Waals surface area contributed by atoms with Crippen LogP contribution >= 0.6 is 0 Å². The van der Waals surface area contributed by atoms with E-state index in [2.05, 4.69) is 15.6 Å². The summed E-state index contributed by atoms with van der Waals surface area (Å²) in [5, 5.41) is 12.9. The number of aromatic nitrogens is 2. The van der Waals surface area contributed by atoms with Gasteiger partial charge in [0.25, 0.3) is 0 Å². The highest BCUT2D eigenvalue weighted by Gasteiger charge is 2.09. The molecule has 0 aliphatic rings. The largest absolute Gasteiger partial charge is 0.481 e. The summed E-state index contributed by atoms with van der Waals surface area (Å²) in [7, 11) is 1.85. The molecule has 0 spiro atoms. The van der Waals surface area contributed by atoms with Crippen molar-refractivity contribution < 1.29 is 19.5 Å². The van der Waals surface area contributed by atoms with Gasteiger partial charge in [-0.15, -0.1) is 0 Å². The first-order valence-corrected chi connectivity index (χ1v) is 5.74. The molecule has 0 aliphatic carbocycles. The molecule has 19 heavy (non-hydrogen) atoms. The second-order valence-corrected chi connectivity index (χ2v) is 3.90. The maximum Gasteiger partial charge on any atom is 0.321 e. The van der Waals surface area contributed by atoms with E-state index >= 15 is 0 Å². The number of nitrogens with one attached hydrogen (secondary N) is 2. The summed E-state index contributed by atoms with van der Waals surface area (Å²) in [6.45, 7) is 0.336. The van der Waals surface area contributed by atoms with Crippen LogP contribution in [0.15, 0.2) is 12.4 Å². The molecule has 3 amide bonds. The minimum absolute atomic E-state index is 0.220. The van der Waals surface area contributed by atoms with Crippen molar-refractivity contribution in [2.45, 2.75) is 19.3 Å². The summed E-state index contributed by atoms with van der Waals surface area (Å²) in [6, 6.07) is -0.635. The molecule has 0 saturated carbocycles. The number of carboxylic acid groups (broad SMARTS) is 1. The highest BCUT2D eigenvalue weighted by atomic mass is 16.4. The maximum absolute atomic E-state index is 11.3. The summed E-state index contributed by atoms with van der Waals surface area (Å²) >= 11 is 0. The van der Waals surface area contributed by atoms with Gasteiger partial charge in [-0.05, 0) is 0 Å². The lowest BCUT2D eigenvalue weighted by molar-refractivity contribution is -0.138.